The van der Waals surface area contributed by atoms with Crippen LogP contribution in [0.5, 0.6) is 0 Å². The second kappa shape index (κ2) is 8.09. The molecule has 1 atom stereocenters. The molecule has 4 N–H and O–H groups in total. The first-order chi connectivity index (χ1) is 8.85. The Kier molecular flexibility index (Phi) is 7.59. The number of nitrogens with one attached hydrogen (secondary N) is 2. The van der Waals surface area contributed by atoms with Crippen molar-refractivity contribution in [1.82, 2.24) is 10.6 Å². The van der Waals surface area contributed by atoms with Gasteiger partial charge >= 0.3 is 0 Å². The van der Waals surface area contributed by atoms with E-state index in [9.17, 15) is 9.59 Å². The Hall–Kier alpha value is -1.17. The summed E-state index contributed by atoms with van der Waals surface area (Å²) in [5.41, 5.74) is 4.83. The summed E-state index contributed by atoms with van der Waals surface area (Å²) in [6, 6.07) is -0.592. The third-order valence-electron chi connectivity index (χ3n) is 3.40. The third-order valence-corrected chi connectivity index (χ3v) is 3.79. The lowest BCUT2D eigenvalue weighted by Crippen LogP contribution is -2.54. The number of carbonyl (C=O) groups excluding carboxylic acids is 2. The van der Waals surface area contributed by atoms with Crippen molar-refractivity contribution in [3.05, 3.63) is 0 Å². The molecule has 1 unspecified atom stereocenters. The normalized spacial score (nSPS) is 12.6. The van der Waals surface area contributed by atoms with Crippen LogP contribution >= 0.6 is 12.2 Å². The van der Waals surface area contributed by atoms with Crippen molar-refractivity contribution in [2.24, 2.45) is 11.1 Å². The van der Waals surface area contributed by atoms with Gasteiger partial charge in [-0.1, -0.05) is 33.0 Å². The van der Waals surface area contributed by atoms with Crippen LogP contribution in [0.4, 0.5) is 0 Å². The summed E-state index contributed by atoms with van der Waals surface area (Å²) in [4.78, 5) is 24.2. The molecule has 6 heteroatoms. The summed E-state index contributed by atoms with van der Waals surface area (Å²) in [6.07, 6.45) is 1.90. The van der Waals surface area contributed by atoms with E-state index < -0.39 is 11.5 Å². The van der Waals surface area contributed by atoms with Gasteiger partial charge < -0.3 is 16.4 Å². The first-order valence-electron chi connectivity index (χ1n) is 6.74. The zero-order chi connectivity index (χ0) is 15.1. The van der Waals surface area contributed by atoms with Gasteiger partial charge in [-0.2, -0.15) is 0 Å². The van der Waals surface area contributed by atoms with Crippen LogP contribution in [0.3, 0.4) is 0 Å². The molecule has 0 fully saturated rings. The van der Waals surface area contributed by atoms with Crippen molar-refractivity contribution in [3.8, 4) is 0 Å². The van der Waals surface area contributed by atoms with Gasteiger partial charge in [-0.3, -0.25) is 9.59 Å². The number of rotatable bonds is 8. The Labute approximate surface area is 120 Å². The fourth-order valence-corrected chi connectivity index (χ4v) is 2.21. The molecular formula is C13H25N3O2S. The smallest absolute Gasteiger partial charge is 0.242 e. The molecule has 2 amide bonds. The van der Waals surface area contributed by atoms with Gasteiger partial charge in [-0.15, -0.1) is 0 Å². The van der Waals surface area contributed by atoms with Gasteiger partial charge in [0.25, 0.3) is 0 Å². The molecule has 0 aliphatic heterocycles. The van der Waals surface area contributed by atoms with Gasteiger partial charge in [0.1, 0.15) is 6.04 Å². The zero-order valence-electron chi connectivity index (χ0n) is 12.2. The van der Waals surface area contributed by atoms with Gasteiger partial charge in [0.2, 0.25) is 11.8 Å². The second-order valence-corrected chi connectivity index (χ2v) is 5.08. The quantitative estimate of drug-likeness (QED) is 0.584. The van der Waals surface area contributed by atoms with Crippen molar-refractivity contribution in [2.75, 3.05) is 6.54 Å². The van der Waals surface area contributed by atoms with Crippen LogP contribution in [0, 0.1) is 5.41 Å². The van der Waals surface area contributed by atoms with E-state index in [1.165, 1.54) is 0 Å². The van der Waals surface area contributed by atoms with E-state index in [1.54, 1.807) is 6.92 Å². The molecule has 19 heavy (non-hydrogen) atoms. The van der Waals surface area contributed by atoms with Gasteiger partial charge in [-0.05, 0) is 26.2 Å². The summed E-state index contributed by atoms with van der Waals surface area (Å²) >= 11 is 5.01. The van der Waals surface area contributed by atoms with Crippen LogP contribution in [-0.2, 0) is 9.59 Å². The average Bonchev–Trinajstić information content (AvgIpc) is 2.37. The maximum Gasteiger partial charge on any atom is 0.242 e. The van der Waals surface area contributed by atoms with E-state index in [0.29, 0.717) is 19.4 Å². The number of hydrogen-bond donors (Lipinski definition) is 3. The fraction of sp³-hybridized carbons (Fsp3) is 0.769. The van der Waals surface area contributed by atoms with E-state index in [1.807, 2.05) is 20.8 Å². The molecule has 0 aliphatic rings. The highest BCUT2D eigenvalue weighted by Gasteiger charge is 2.39. The van der Waals surface area contributed by atoms with Crippen molar-refractivity contribution >= 4 is 29.0 Å². The molecule has 0 spiro atoms. The first kappa shape index (κ1) is 17.8. The molecular weight excluding hydrogens is 262 g/mol. The summed E-state index contributed by atoms with van der Waals surface area (Å²) in [5.74, 6) is -0.469. The van der Waals surface area contributed by atoms with Crippen molar-refractivity contribution < 1.29 is 9.59 Å². The standard InChI is InChI=1S/C13H25N3O2S/c1-5-8-15-10(17)9(4)16-12(18)13(6-2,7-3)11(14)19/h9H,5-8H2,1-4H3,(H2,14,19)(H,15,17)(H,16,18). The maximum absolute atomic E-state index is 12.3. The number of nitrogens with two attached hydrogens (primary N) is 1. The Balaban J connectivity index is 4.74. The van der Waals surface area contributed by atoms with Gasteiger partial charge in [0, 0.05) is 6.54 Å². The molecule has 0 bridgehead atoms. The lowest BCUT2D eigenvalue weighted by molar-refractivity contribution is -0.132. The maximum atomic E-state index is 12.3. The minimum atomic E-state index is -0.866. The molecule has 0 aromatic carbocycles. The highest BCUT2D eigenvalue weighted by atomic mass is 32.1. The van der Waals surface area contributed by atoms with E-state index in [-0.39, 0.29) is 16.8 Å². The van der Waals surface area contributed by atoms with E-state index >= 15 is 0 Å². The molecule has 0 radical (unpaired) electrons. The monoisotopic (exact) mass is 287 g/mol. The van der Waals surface area contributed by atoms with Crippen LogP contribution in [0.15, 0.2) is 0 Å². The van der Waals surface area contributed by atoms with E-state index in [4.69, 9.17) is 18.0 Å². The number of carbonyl (C=O) groups is 2. The summed E-state index contributed by atoms with van der Waals surface area (Å²) < 4.78 is 0. The molecule has 0 aromatic heterocycles. The first-order valence-corrected chi connectivity index (χ1v) is 7.15. The molecule has 0 aliphatic carbocycles. The highest BCUT2D eigenvalue weighted by molar-refractivity contribution is 7.80. The highest BCUT2D eigenvalue weighted by Crippen LogP contribution is 2.27. The van der Waals surface area contributed by atoms with E-state index in [2.05, 4.69) is 10.6 Å². The number of hydrogen-bond acceptors (Lipinski definition) is 3. The van der Waals surface area contributed by atoms with Crippen LogP contribution < -0.4 is 16.4 Å². The van der Waals surface area contributed by atoms with Crippen molar-refractivity contribution in [1.29, 1.82) is 0 Å². The summed E-state index contributed by atoms with van der Waals surface area (Å²) in [6.45, 7) is 7.95. The average molecular weight is 287 g/mol. The third kappa shape index (κ3) is 4.45. The fourth-order valence-electron chi connectivity index (χ4n) is 1.83. The Morgan fingerprint density at radius 2 is 1.79 bits per heavy atom. The van der Waals surface area contributed by atoms with Gasteiger partial charge in [0.15, 0.2) is 0 Å². The Bertz CT molecular complexity index is 341. The molecule has 0 aromatic rings. The van der Waals surface area contributed by atoms with Crippen LogP contribution in [0.2, 0.25) is 0 Å². The predicted octanol–water partition coefficient (Wildman–Crippen LogP) is 1.11. The van der Waals surface area contributed by atoms with Crippen LogP contribution in [-0.4, -0.2) is 29.4 Å². The number of thiocarbonyl (C=S) groups is 1. The minimum absolute atomic E-state index is 0.177. The van der Waals surface area contributed by atoms with Crippen LogP contribution in [0.1, 0.15) is 47.0 Å². The summed E-state index contributed by atoms with van der Waals surface area (Å²) in [5, 5.41) is 5.43. The van der Waals surface area contributed by atoms with Crippen molar-refractivity contribution in [2.45, 2.75) is 53.0 Å². The SMILES string of the molecule is CCCNC(=O)C(C)NC(=O)C(CC)(CC)C(N)=S. The Morgan fingerprint density at radius 3 is 2.16 bits per heavy atom. The summed E-state index contributed by atoms with van der Waals surface area (Å²) in [7, 11) is 0. The van der Waals surface area contributed by atoms with Crippen molar-refractivity contribution in [3.63, 3.8) is 0 Å². The number of amides is 2. The zero-order valence-corrected chi connectivity index (χ0v) is 13.0. The molecule has 0 heterocycles. The Morgan fingerprint density at radius 1 is 1.26 bits per heavy atom. The molecule has 0 saturated carbocycles. The largest absolute Gasteiger partial charge is 0.392 e. The molecule has 0 saturated heterocycles. The second-order valence-electron chi connectivity index (χ2n) is 4.64. The lowest BCUT2D eigenvalue weighted by atomic mass is 9.81. The molecule has 5 nitrogen and oxygen atoms in total. The predicted molar refractivity (Wildman–Crippen MR) is 80.7 cm³/mol. The molecule has 0 rings (SSSR count). The van der Waals surface area contributed by atoms with E-state index in [0.717, 1.165) is 6.42 Å². The topological polar surface area (TPSA) is 84.2 Å². The van der Waals surface area contributed by atoms with Crippen LogP contribution in [0.25, 0.3) is 0 Å². The van der Waals surface area contributed by atoms with Gasteiger partial charge in [-0.25, -0.2) is 0 Å². The minimum Gasteiger partial charge on any atom is -0.392 e. The molecule has 110 valence electrons. The van der Waals surface area contributed by atoms with Gasteiger partial charge in [0.05, 0.1) is 10.4 Å². The lowest BCUT2D eigenvalue weighted by Gasteiger charge is -2.30.